The van der Waals surface area contributed by atoms with E-state index in [0.29, 0.717) is 11.5 Å². The fraction of sp³-hybridized carbons (Fsp3) is 0.200. The van der Waals surface area contributed by atoms with Gasteiger partial charge in [-0.3, -0.25) is 15.3 Å². The van der Waals surface area contributed by atoms with Gasteiger partial charge in [0.05, 0.1) is 11.4 Å². The number of hydrogen-bond acceptors (Lipinski definition) is 4. The van der Waals surface area contributed by atoms with Crippen molar-refractivity contribution in [3.05, 3.63) is 96.2 Å². The van der Waals surface area contributed by atoms with E-state index in [2.05, 4.69) is 41.4 Å². The van der Waals surface area contributed by atoms with Crippen molar-refractivity contribution in [2.24, 2.45) is 0 Å². The molecule has 1 aromatic carbocycles. The highest BCUT2D eigenvalue weighted by molar-refractivity contribution is 5.99. The average molecular weight is 427 g/mol. The molecule has 7 nitrogen and oxygen atoms in total. The maximum Gasteiger partial charge on any atom is 0.324 e. The molecule has 0 radical (unpaired) electrons. The van der Waals surface area contributed by atoms with E-state index in [4.69, 9.17) is 5.10 Å². The van der Waals surface area contributed by atoms with Crippen molar-refractivity contribution in [1.82, 2.24) is 19.7 Å². The standard InChI is InChI=1S/C25H26N6O/c1-25(2,3)22-17-23(31(30-22)21-10-14-27-15-11-21)29-24(32)28-20-6-4-18(5-7-20)16-19-8-12-26-13-9-19/h4-15,17H,16H2,1-3H3,(H2,28,29,32). The van der Waals surface area contributed by atoms with Crippen LogP contribution in [0.5, 0.6) is 0 Å². The molecule has 0 aliphatic carbocycles. The van der Waals surface area contributed by atoms with Crippen LogP contribution in [0.25, 0.3) is 5.69 Å². The lowest BCUT2D eigenvalue weighted by atomic mass is 9.92. The second kappa shape index (κ2) is 9.01. The number of carbonyl (C=O) groups excluding carboxylic acids is 1. The lowest BCUT2D eigenvalue weighted by molar-refractivity contribution is 0.262. The predicted molar refractivity (Wildman–Crippen MR) is 126 cm³/mol. The van der Waals surface area contributed by atoms with Gasteiger partial charge in [-0.25, -0.2) is 9.48 Å². The molecule has 0 fully saturated rings. The zero-order valence-electron chi connectivity index (χ0n) is 18.4. The van der Waals surface area contributed by atoms with E-state index >= 15 is 0 Å². The maximum atomic E-state index is 12.7. The number of pyridine rings is 2. The summed E-state index contributed by atoms with van der Waals surface area (Å²) in [7, 11) is 0. The third-order valence-electron chi connectivity index (χ3n) is 5.00. The number of carbonyl (C=O) groups is 1. The van der Waals surface area contributed by atoms with E-state index in [1.165, 1.54) is 5.56 Å². The maximum absolute atomic E-state index is 12.7. The van der Waals surface area contributed by atoms with Crippen molar-refractivity contribution in [2.45, 2.75) is 32.6 Å². The highest BCUT2D eigenvalue weighted by Gasteiger charge is 2.21. The SMILES string of the molecule is CC(C)(C)c1cc(NC(=O)Nc2ccc(Cc3ccncc3)cc2)n(-c2ccncc2)n1. The van der Waals surface area contributed by atoms with Gasteiger partial charge < -0.3 is 5.32 Å². The van der Waals surface area contributed by atoms with E-state index in [9.17, 15) is 4.79 Å². The summed E-state index contributed by atoms with van der Waals surface area (Å²) >= 11 is 0. The molecule has 0 spiro atoms. The molecule has 2 amide bonds. The first-order chi connectivity index (χ1) is 15.4. The molecule has 0 aliphatic rings. The third-order valence-corrected chi connectivity index (χ3v) is 5.00. The Labute approximate surface area is 187 Å². The molecule has 3 heterocycles. The number of anilines is 2. The summed E-state index contributed by atoms with van der Waals surface area (Å²) in [6.45, 7) is 6.26. The number of benzene rings is 1. The Hall–Kier alpha value is -4.00. The Bertz CT molecular complexity index is 1180. The van der Waals surface area contributed by atoms with Crippen LogP contribution in [0.2, 0.25) is 0 Å². The van der Waals surface area contributed by atoms with Crippen molar-refractivity contribution >= 4 is 17.5 Å². The Kier molecular flexibility index (Phi) is 5.98. The summed E-state index contributed by atoms with van der Waals surface area (Å²) in [6.07, 6.45) is 7.79. The summed E-state index contributed by atoms with van der Waals surface area (Å²) in [6, 6.07) is 17.1. The number of urea groups is 1. The second-order valence-electron chi connectivity index (χ2n) is 8.59. The van der Waals surface area contributed by atoms with Gasteiger partial charge in [-0.15, -0.1) is 0 Å². The summed E-state index contributed by atoms with van der Waals surface area (Å²) < 4.78 is 1.72. The van der Waals surface area contributed by atoms with Crippen molar-refractivity contribution in [1.29, 1.82) is 0 Å². The molecule has 32 heavy (non-hydrogen) atoms. The van der Waals surface area contributed by atoms with Crippen LogP contribution in [0, 0.1) is 0 Å². The van der Waals surface area contributed by atoms with Crippen LogP contribution in [0.3, 0.4) is 0 Å². The number of aromatic nitrogens is 4. The molecule has 4 rings (SSSR count). The molecule has 7 heteroatoms. The first-order valence-electron chi connectivity index (χ1n) is 10.5. The third kappa shape index (κ3) is 5.18. The monoisotopic (exact) mass is 426 g/mol. The van der Waals surface area contributed by atoms with Gasteiger partial charge in [-0.2, -0.15) is 5.10 Å². The normalized spacial score (nSPS) is 11.2. The minimum Gasteiger partial charge on any atom is -0.308 e. The van der Waals surface area contributed by atoms with E-state index in [1.807, 2.05) is 54.6 Å². The van der Waals surface area contributed by atoms with Crippen molar-refractivity contribution < 1.29 is 4.79 Å². The Morgan fingerprint density at radius 3 is 2.06 bits per heavy atom. The summed E-state index contributed by atoms with van der Waals surface area (Å²) in [5.74, 6) is 0.591. The van der Waals surface area contributed by atoms with Crippen LogP contribution < -0.4 is 10.6 Å². The minimum atomic E-state index is -0.331. The van der Waals surface area contributed by atoms with Gasteiger partial charge in [-0.05, 0) is 53.9 Å². The quantitative estimate of drug-likeness (QED) is 0.460. The first kappa shape index (κ1) is 21.2. The summed E-state index contributed by atoms with van der Waals surface area (Å²) in [5, 5.41) is 10.5. The molecule has 0 bridgehead atoms. The number of rotatable bonds is 5. The van der Waals surface area contributed by atoms with Gasteiger partial charge in [0.2, 0.25) is 0 Å². The van der Waals surface area contributed by atoms with Gasteiger partial charge in [0.1, 0.15) is 5.82 Å². The van der Waals surface area contributed by atoms with Crippen LogP contribution in [0.15, 0.2) is 79.4 Å². The number of amides is 2. The molecule has 3 aromatic heterocycles. The molecular formula is C25H26N6O. The fourth-order valence-corrected chi connectivity index (χ4v) is 3.24. The lowest BCUT2D eigenvalue weighted by Crippen LogP contribution is -2.21. The van der Waals surface area contributed by atoms with Gasteiger partial charge in [0.25, 0.3) is 0 Å². The van der Waals surface area contributed by atoms with E-state index in [-0.39, 0.29) is 11.4 Å². The zero-order chi connectivity index (χ0) is 22.6. The summed E-state index contributed by atoms with van der Waals surface area (Å²) in [5.41, 5.74) is 4.61. The van der Waals surface area contributed by atoms with Crippen LogP contribution in [0.1, 0.15) is 37.6 Å². The highest BCUT2D eigenvalue weighted by atomic mass is 16.2. The fourth-order valence-electron chi connectivity index (χ4n) is 3.24. The summed E-state index contributed by atoms with van der Waals surface area (Å²) in [4.78, 5) is 20.8. The molecular weight excluding hydrogens is 400 g/mol. The number of nitrogens with one attached hydrogen (secondary N) is 2. The number of nitrogens with zero attached hydrogens (tertiary/aromatic N) is 4. The second-order valence-corrected chi connectivity index (χ2v) is 8.59. The minimum absolute atomic E-state index is 0.157. The van der Waals surface area contributed by atoms with Gasteiger partial charge in [-0.1, -0.05) is 32.9 Å². The van der Waals surface area contributed by atoms with Crippen molar-refractivity contribution in [3.8, 4) is 5.69 Å². The van der Waals surface area contributed by atoms with E-state index < -0.39 is 0 Å². The Morgan fingerprint density at radius 1 is 0.844 bits per heavy atom. The molecule has 162 valence electrons. The molecule has 0 aliphatic heterocycles. The van der Waals surface area contributed by atoms with Gasteiger partial charge in [0.15, 0.2) is 0 Å². The largest absolute Gasteiger partial charge is 0.324 e. The van der Waals surface area contributed by atoms with Crippen LogP contribution >= 0.6 is 0 Å². The van der Waals surface area contributed by atoms with Crippen molar-refractivity contribution in [2.75, 3.05) is 10.6 Å². The number of hydrogen-bond donors (Lipinski definition) is 2. The molecule has 4 aromatic rings. The Morgan fingerprint density at radius 2 is 1.44 bits per heavy atom. The first-order valence-corrected chi connectivity index (χ1v) is 10.5. The van der Waals surface area contributed by atoms with E-state index in [0.717, 1.165) is 23.4 Å². The Balaban J connectivity index is 1.47. The highest BCUT2D eigenvalue weighted by Crippen LogP contribution is 2.26. The lowest BCUT2D eigenvalue weighted by Gasteiger charge is -2.14. The molecule has 0 atom stereocenters. The van der Waals surface area contributed by atoms with Gasteiger partial charge in [0, 0.05) is 42.0 Å². The predicted octanol–water partition coefficient (Wildman–Crippen LogP) is 5.19. The van der Waals surface area contributed by atoms with Crippen LogP contribution in [-0.4, -0.2) is 25.8 Å². The average Bonchev–Trinajstić information content (AvgIpc) is 3.21. The van der Waals surface area contributed by atoms with Crippen molar-refractivity contribution in [3.63, 3.8) is 0 Å². The zero-order valence-corrected chi connectivity index (χ0v) is 18.4. The van der Waals surface area contributed by atoms with Crippen LogP contribution in [0.4, 0.5) is 16.3 Å². The molecule has 0 unspecified atom stereocenters. The topological polar surface area (TPSA) is 84.7 Å². The molecule has 2 N–H and O–H groups in total. The molecule has 0 saturated carbocycles. The van der Waals surface area contributed by atoms with E-state index in [1.54, 1.807) is 29.5 Å². The van der Waals surface area contributed by atoms with Gasteiger partial charge >= 0.3 is 6.03 Å². The smallest absolute Gasteiger partial charge is 0.308 e. The van der Waals surface area contributed by atoms with Crippen LogP contribution in [-0.2, 0) is 11.8 Å². The molecule has 0 saturated heterocycles.